The summed E-state index contributed by atoms with van der Waals surface area (Å²) in [4.78, 5) is 14.9. The molecule has 20 heavy (non-hydrogen) atoms. The lowest BCUT2D eigenvalue weighted by Crippen LogP contribution is -2.35. The first-order chi connectivity index (χ1) is 9.63. The second kappa shape index (κ2) is 6.69. The fraction of sp³-hybridized carbons (Fsp3) is 0.769. The molecule has 1 fully saturated rings. The molecule has 0 aliphatic heterocycles. The van der Waals surface area contributed by atoms with Crippen LogP contribution in [-0.4, -0.2) is 53.9 Å². The molecule has 0 saturated heterocycles. The van der Waals surface area contributed by atoms with E-state index < -0.39 is 0 Å². The fourth-order valence-corrected chi connectivity index (χ4v) is 2.52. The van der Waals surface area contributed by atoms with Crippen molar-refractivity contribution < 1.29 is 5.11 Å². The molecule has 0 bridgehead atoms. The number of nitrogens with zero attached hydrogens (tertiary/aromatic N) is 4. The Labute approximate surface area is 119 Å². The molecule has 0 amide bonds. The van der Waals surface area contributed by atoms with Crippen LogP contribution in [0.3, 0.4) is 0 Å². The van der Waals surface area contributed by atoms with Crippen LogP contribution in [0.1, 0.15) is 25.7 Å². The molecule has 1 saturated carbocycles. The van der Waals surface area contributed by atoms with Gasteiger partial charge in [0.2, 0.25) is 17.8 Å². The molecule has 1 aromatic rings. The molecule has 3 N–H and O–H groups in total. The third-order valence-corrected chi connectivity index (χ3v) is 3.71. The minimum Gasteiger partial charge on any atom is -0.396 e. The molecule has 7 nitrogen and oxygen atoms in total. The zero-order valence-corrected chi connectivity index (χ0v) is 12.4. The standard InChI is InChI=1S/C13H24N6O/c1-14-11-16-12(18-13(17-11)19(2)3)15-10-7-5-4-6-9(10)8-20/h9-10,20H,4-8H2,1-3H3,(H2,14,15,16,17,18). The number of nitrogens with one attached hydrogen (secondary N) is 2. The fourth-order valence-electron chi connectivity index (χ4n) is 2.52. The average Bonchev–Trinajstić information content (AvgIpc) is 2.47. The molecule has 1 aromatic heterocycles. The minimum atomic E-state index is 0.210. The molecule has 0 spiro atoms. The van der Waals surface area contributed by atoms with Crippen molar-refractivity contribution in [3.8, 4) is 0 Å². The molecule has 7 heteroatoms. The Morgan fingerprint density at radius 2 is 1.85 bits per heavy atom. The number of hydrogen-bond acceptors (Lipinski definition) is 7. The zero-order valence-electron chi connectivity index (χ0n) is 12.4. The van der Waals surface area contributed by atoms with Gasteiger partial charge >= 0.3 is 0 Å². The van der Waals surface area contributed by atoms with Crippen molar-refractivity contribution in [1.29, 1.82) is 0 Å². The second-order valence-electron chi connectivity index (χ2n) is 5.40. The minimum absolute atomic E-state index is 0.210. The summed E-state index contributed by atoms with van der Waals surface area (Å²) in [6, 6.07) is 0.232. The van der Waals surface area contributed by atoms with Crippen LogP contribution < -0.4 is 15.5 Å². The summed E-state index contributed by atoms with van der Waals surface area (Å²) in [6.45, 7) is 0.210. The molecule has 2 unspecified atom stereocenters. The van der Waals surface area contributed by atoms with Gasteiger partial charge in [0, 0.05) is 39.7 Å². The van der Waals surface area contributed by atoms with Crippen LogP contribution in [-0.2, 0) is 0 Å². The van der Waals surface area contributed by atoms with Gasteiger partial charge in [0.05, 0.1) is 0 Å². The summed E-state index contributed by atoms with van der Waals surface area (Å²) in [5.41, 5.74) is 0. The predicted molar refractivity (Wildman–Crippen MR) is 80.2 cm³/mol. The van der Waals surface area contributed by atoms with E-state index in [1.165, 1.54) is 12.8 Å². The van der Waals surface area contributed by atoms with Gasteiger partial charge in [-0.15, -0.1) is 0 Å². The summed E-state index contributed by atoms with van der Waals surface area (Å²) in [5.74, 6) is 2.01. The van der Waals surface area contributed by atoms with Gasteiger partial charge in [0.1, 0.15) is 0 Å². The molecule has 0 radical (unpaired) electrons. The number of hydrogen-bond donors (Lipinski definition) is 3. The van der Waals surface area contributed by atoms with Crippen LogP contribution in [0, 0.1) is 5.92 Å². The van der Waals surface area contributed by atoms with Crippen molar-refractivity contribution in [2.75, 3.05) is 43.3 Å². The first kappa shape index (κ1) is 14.8. The van der Waals surface area contributed by atoms with Crippen LogP contribution in [0.25, 0.3) is 0 Å². The molecule has 1 aliphatic rings. The topological polar surface area (TPSA) is 86.2 Å². The monoisotopic (exact) mass is 280 g/mol. The van der Waals surface area contributed by atoms with Gasteiger partial charge in [-0.1, -0.05) is 12.8 Å². The van der Waals surface area contributed by atoms with E-state index in [-0.39, 0.29) is 18.6 Å². The summed E-state index contributed by atoms with van der Waals surface area (Å²) in [7, 11) is 5.58. The Hall–Kier alpha value is -1.63. The molecule has 1 heterocycles. The zero-order chi connectivity index (χ0) is 14.5. The van der Waals surface area contributed by atoms with Gasteiger partial charge in [-0.3, -0.25) is 0 Å². The largest absolute Gasteiger partial charge is 0.396 e. The molecule has 2 rings (SSSR count). The van der Waals surface area contributed by atoms with Gasteiger partial charge in [-0.05, 0) is 12.8 Å². The van der Waals surface area contributed by atoms with Crippen molar-refractivity contribution in [2.45, 2.75) is 31.7 Å². The maximum atomic E-state index is 9.47. The Bertz CT molecular complexity index is 439. The van der Waals surface area contributed by atoms with Crippen molar-refractivity contribution in [1.82, 2.24) is 15.0 Å². The highest BCUT2D eigenvalue weighted by Gasteiger charge is 2.25. The highest BCUT2D eigenvalue weighted by atomic mass is 16.3. The Morgan fingerprint density at radius 3 is 2.50 bits per heavy atom. The van der Waals surface area contributed by atoms with Gasteiger partial charge < -0.3 is 20.6 Å². The lowest BCUT2D eigenvalue weighted by atomic mass is 9.85. The smallest absolute Gasteiger partial charge is 0.231 e. The van der Waals surface area contributed by atoms with Crippen LogP contribution in [0.4, 0.5) is 17.8 Å². The van der Waals surface area contributed by atoms with Crippen LogP contribution in [0.15, 0.2) is 0 Å². The van der Waals surface area contributed by atoms with E-state index >= 15 is 0 Å². The lowest BCUT2D eigenvalue weighted by Gasteiger charge is -2.31. The van der Waals surface area contributed by atoms with Crippen LogP contribution in [0.5, 0.6) is 0 Å². The second-order valence-corrected chi connectivity index (χ2v) is 5.40. The third-order valence-electron chi connectivity index (χ3n) is 3.71. The number of aliphatic hydroxyl groups excluding tert-OH is 1. The molecule has 1 aliphatic carbocycles. The lowest BCUT2D eigenvalue weighted by molar-refractivity contribution is 0.178. The van der Waals surface area contributed by atoms with Crippen LogP contribution in [0.2, 0.25) is 0 Å². The molecule has 0 aromatic carbocycles. The molecular weight excluding hydrogens is 256 g/mol. The number of rotatable bonds is 5. The third kappa shape index (κ3) is 3.47. The predicted octanol–water partition coefficient (Wildman–Crippen LogP) is 0.942. The van der Waals surface area contributed by atoms with Crippen molar-refractivity contribution in [3.05, 3.63) is 0 Å². The van der Waals surface area contributed by atoms with Gasteiger partial charge in [0.25, 0.3) is 0 Å². The Balaban J connectivity index is 2.16. The highest BCUT2D eigenvalue weighted by Crippen LogP contribution is 2.26. The number of aromatic nitrogens is 3. The van der Waals surface area contributed by atoms with Gasteiger partial charge in [0.15, 0.2) is 0 Å². The summed E-state index contributed by atoms with van der Waals surface area (Å²) >= 11 is 0. The van der Waals surface area contributed by atoms with Gasteiger partial charge in [-0.25, -0.2) is 0 Å². The average molecular weight is 280 g/mol. The van der Waals surface area contributed by atoms with Crippen LogP contribution >= 0.6 is 0 Å². The first-order valence-electron chi connectivity index (χ1n) is 7.12. The maximum Gasteiger partial charge on any atom is 0.231 e. The van der Waals surface area contributed by atoms with E-state index in [2.05, 4.69) is 25.6 Å². The van der Waals surface area contributed by atoms with Crippen molar-refractivity contribution in [3.63, 3.8) is 0 Å². The van der Waals surface area contributed by atoms with E-state index in [9.17, 15) is 5.11 Å². The maximum absolute atomic E-state index is 9.47. The number of anilines is 3. The Morgan fingerprint density at radius 1 is 1.15 bits per heavy atom. The number of aliphatic hydroxyl groups is 1. The first-order valence-corrected chi connectivity index (χ1v) is 7.12. The van der Waals surface area contributed by atoms with Crippen molar-refractivity contribution >= 4 is 17.8 Å². The van der Waals surface area contributed by atoms with E-state index in [0.717, 1.165) is 12.8 Å². The normalized spacial score (nSPS) is 22.4. The Kier molecular flexibility index (Phi) is 4.94. The van der Waals surface area contributed by atoms with Gasteiger partial charge in [-0.2, -0.15) is 15.0 Å². The summed E-state index contributed by atoms with van der Waals surface area (Å²) in [6.07, 6.45) is 4.46. The van der Waals surface area contributed by atoms with E-state index in [1.54, 1.807) is 7.05 Å². The summed E-state index contributed by atoms with van der Waals surface area (Å²) in [5, 5.41) is 15.8. The SMILES string of the molecule is CNc1nc(NC2CCCCC2CO)nc(N(C)C)n1. The molecular formula is C13H24N6O. The van der Waals surface area contributed by atoms with E-state index in [0.29, 0.717) is 17.8 Å². The van der Waals surface area contributed by atoms with Crippen molar-refractivity contribution in [2.24, 2.45) is 5.92 Å². The van der Waals surface area contributed by atoms with E-state index in [4.69, 9.17) is 0 Å². The quantitative estimate of drug-likeness (QED) is 0.740. The molecule has 112 valence electrons. The summed E-state index contributed by atoms with van der Waals surface area (Å²) < 4.78 is 0. The van der Waals surface area contributed by atoms with E-state index in [1.807, 2.05) is 19.0 Å². The molecule has 2 atom stereocenters. The highest BCUT2D eigenvalue weighted by molar-refractivity contribution is 5.43.